The number of aromatic nitrogens is 2. The van der Waals surface area contributed by atoms with Gasteiger partial charge in [0.05, 0.1) is 0 Å². The predicted molar refractivity (Wildman–Crippen MR) is 62.6 cm³/mol. The molecule has 0 radical (unpaired) electrons. The fourth-order valence-corrected chi connectivity index (χ4v) is 1.10. The lowest BCUT2D eigenvalue weighted by Crippen LogP contribution is -2.37. The summed E-state index contributed by atoms with van der Waals surface area (Å²) >= 11 is 0. The SMILES string of the molecule is CN(C)C(=O)NCCNc1nccc(C(F)(F)F)n1. The van der Waals surface area contributed by atoms with E-state index < -0.39 is 11.9 Å². The third-order valence-electron chi connectivity index (χ3n) is 2.04. The summed E-state index contributed by atoms with van der Waals surface area (Å²) in [6.07, 6.45) is -3.48. The fourth-order valence-electron chi connectivity index (χ4n) is 1.10. The van der Waals surface area contributed by atoms with Gasteiger partial charge in [-0.1, -0.05) is 0 Å². The maximum absolute atomic E-state index is 12.4. The molecule has 1 rings (SSSR count). The molecule has 1 aromatic heterocycles. The summed E-state index contributed by atoms with van der Waals surface area (Å²) in [7, 11) is 3.16. The predicted octanol–water partition coefficient (Wildman–Crippen LogP) is 1.18. The van der Waals surface area contributed by atoms with E-state index in [2.05, 4.69) is 20.6 Å². The highest BCUT2D eigenvalue weighted by atomic mass is 19.4. The van der Waals surface area contributed by atoms with Gasteiger partial charge in [-0.3, -0.25) is 0 Å². The molecule has 0 aliphatic rings. The molecule has 0 saturated heterocycles. The van der Waals surface area contributed by atoms with Gasteiger partial charge in [0.25, 0.3) is 0 Å². The number of hydrogen-bond donors (Lipinski definition) is 2. The van der Waals surface area contributed by atoms with Crippen molar-refractivity contribution in [2.45, 2.75) is 6.18 Å². The number of hydrogen-bond acceptors (Lipinski definition) is 4. The van der Waals surface area contributed by atoms with Gasteiger partial charge in [-0.05, 0) is 6.07 Å². The molecule has 2 amide bonds. The molecule has 0 fully saturated rings. The second-order valence-corrected chi connectivity index (χ2v) is 3.82. The van der Waals surface area contributed by atoms with Crippen LogP contribution in [-0.4, -0.2) is 48.1 Å². The van der Waals surface area contributed by atoms with Gasteiger partial charge in [-0.15, -0.1) is 0 Å². The Hall–Kier alpha value is -2.06. The highest BCUT2D eigenvalue weighted by Gasteiger charge is 2.32. The van der Waals surface area contributed by atoms with E-state index in [0.29, 0.717) is 0 Å². The molecule has 0 spiro atoms. The van der Waals surface area contributed by atoms with Crippen LogP contribution < -0.4 is 10.6 Å². The van der Waals surface area contributed by atoms with Crippen LogP contribution in [0, 0.1) is 0 Å². The molecular weight excluding hydrogens is 263 g/mol. The highest BCUT2D eigenvalue weighted by Crippen LogP contribution is 2.27. The van der Waals surface area contributed by atoms with E-state index in [9.17, 15) is 18.0 Å². The molecule has 19 heavy (non-hydrogen) atoms. The molecular formula is C10H14F3N5O. The summed E-state index contributed by atoms with van der Waals surface area (Å²) in [6, 6.07) is 0.505. The number of halogens is 3. The van der Waals surface area contributed by atoms with Gasteiger partial charge in [-0.25, -0.2) is 14.8 Å². The average Bonchev–Trinajstić information content (AvgIpc) is 2.33. The van der Waals surface area contributed by atoms with Crippen LogP contribution >= 0.6 is 0 Å². The van der Waals surface area contributed by atoms with Crippen LogP contribution in [0.2, 0.25) is 0 Å². The van der Waals surface area contributed by atoms with E-state index >= 15 is 0 Å². The van der Waals surface area contributed by atoms with Crippen molar-refractivity contribution in [3.63, 3.8) is 0 Å². The lowest BCUT2D eigenvalue weighted by atomic mass is 10.4. The van der Waals surface area contributed by atoms with Crippen molar-refractivity contribution in [2.24, 2.45) is 0 Å². The molecule has 106 valence electrons. The first kappa shape index (κ1) is 15.0. The zero-order valence-corrected chi connectivity index (χ0v) is 10.5. The molecule has 6 nitrogen and oxygen atoms in total. The Kier molecular flexibility index (Phi) is 4.90. The second kappa shape index (κ2) is 6.21. The van der Waals surface area contributed by atoms with E-state index in [1.807, 2.05) is 0 Å². The molecule has 0 aliphatic heterocycles. The van der Waals surface area contributed by atoms with Crippen LogP contribution in [0.25, 0.3) is 0 Å². The van der Waals surface area contributed by atoms with E-state index in [1.54, 1.807) is 14.1 Å². The number of carbonyl (C=O) groups is 1. The molecule has 0 aliphatic carbocycles. The van der Waals surface area contributed by atoms with Crippen molar-refractivity contribution in [3.8, 4) is 0 Å². The first-order chi connectivity index (χ1) is 8.80. The lowest BCUT2D eigenvalue weighted by molar-refractivity contribution is -0.141. The summed E-state index contributed by atoms with van der Waals surface area (Å²) in [5, 5.41) is 5.14. The smallest absolute Gasteiger partial charge is 0.352 e. The van der Waals surface area contributed by atoms with E-state index in [4.69, 9.17) is 0 Å². The number of amides is 2. The number of carbonyl (C=O) groups excluding carboxylic acids is 1. The van der Waals surface area contributed by atoms with Gasteiger partial charge in [0.1, 0.15) is 5.69 Å². The Labute approximate surface area is 108 Å². The van der Waals surface area contributed by atoms with Crippen molar-refractivity contribution in [1.29, 1.82) is 0 Å². The molecule has 0 atom stereocenters. The number of alkyl halides is 3. The van der Waals surface area contributed by atoms with Crippen LogP contribution in [0.5, 0.6) is 0 Å². The van der Waals surface area contributed by atoms with Crippen LogP contribution in [-0.2, 0) is 6.18 Å². The summed E-state index contributed by atoms with van der Waals surface area (Å²) < 4.78 is 37.1. The molecule has 1 heterocycles. The van der Waals surface area contributed by atoms with E-state index in [1.165, 1.54) is 4.90 Å². The Morgan fingerprint density at radius 2 is 2.05 bits per heavy atom. The summed E-state index contributed by atoms with van der Waals surface area (Å²) in [5.41, 5.74) is -1.01. The topological polar surface area (TPSA) is 70.2 Å². The number of anilines is 1. The monoisotopic (exact) mass is 277 g/mol. The van der Waals surface area contributed by atoms with Gasteiger partial charge < -0.3 is 15.5 Å². The Bertz CT molecular complexity index is 435. The Balaban J connectivity index is 2.44. The average molecular weight is 277 g/mol. The Morgan fingerprint density at radius 3 is 2.63 bits per heavy atom. The number of nitrogens with zero attached hydrogens (tertiary/aromatic N) is 3. The van der Waals surface area contributed by atoms with Crippen molar-refractivity contribution in [2.75, 3.05) is 32.5 Å². The van der Waals surface area contributed by atoms with Crippen molar-refractivity contribution >= 4 is 12.0 Å². The maximum Gasteiger partial charge on any atom is 0.433 e. The normalized spacial score (nSPS) is 11.0. The summed E-state index contributed by atoms with van der Waals surface area (Å²) in [6.45, 7) is 0.470. The van der Waals surface area contributed by atoms with E-state index in [-0.39, 0.29) is 25.1 Å². The van der Waals surface area contributed by atoms with Gasteiger partial charge in [0.2, 0.25) is 5.95 Å². The number of urea groups is 1. The molecule has 0 saturated carbocycles. The number of rotatable bonds is 4. The zero-order valence-electron chi connectivity index (χ0n) is 10.5. The van der Waals surface area contributed by atoms with Gasteiger partial charge in [-0.2, -0.15) is 13.2 Å². The minimum absolute atomic E-state index is 0.131. The second-order valence-electron chi connectivity index (χ2n) is 3.82. The van der Waals surface area contributed by atoms with Gasteiger partial charge >= 0.3 is 12.2 Å². The minimum atomic E-state index is -4.50. The van der Waals surface area contributed by atoms with E-state index in [0.717, 1.165) is 12.3 Å². The molecule has 2 N–H and O–H groups in total. The zero-order chi connectivity index (χ0) is 14.5. The van der Waals surface area contributed by atoms with Crippen LogP contribution in [0.3, 0.4) is 0 Å². The van der Waals surface area contributed by atoms with Crippen LogP contribution in [0.4, 0.5) is 23.9 Å². The standard InChI is InChI=1S/C10H14F3N5O/c1-18(2)9(19)16-6-5-15-8-14-4-3-7(17-8)10(11,12)13/h3-4H,5-6H2,1-2H3,(H,16,19)(H,14,15,17). The van der Waals surface area contributed by atoms with Crippen LogP contribution in [0.15, 0.2) is 12.3 Å². The van der Waals surface area contributed by atoms with Crippen molar-refractivity contribution in [1.82, 2.24) is 20.2 Å². The quantitative estimate of drug-likeness (QED) is 0.811. The third kappa shape index (κ3) is 4.98. The first-order valence-electron chi connectivity index (χ1n) is 5.40. The number of nitrogens with one attached hydrogen (secondary N) is 2. The first-order valence-corrected chi connectivity index (χ1v) is 5.40. The molecule has 0 aromatic carbocycles. The minimum Gasteiger partial charge on any atom is -0.352 e. The molecule has 9 heteroatoms. The third-order valence-corrected chi connectivity index (χ3v) is 2.04. The Morgan fingerprint density at radius 1 is 1.37 bits per heavy atom. The van der Waals surface area contributed by atoms with Crippen molar-refractivity contribution < 1.29 is 18.0 Å². The molecule has 0 bridgehead atoms. The summed E-state index contributed by atoms with van der Waals surface area (Å²) in [4.78, 5) is 19.5. The highest BCUT2D eigenvalue weighted by molar-refractivity contribution is 5.73. The van der Waals surface area contributed by atoms with Gasteiger partial charge in [0, 0.05) is 33.4 Å². The lowest BCUT2D eigenvalue weighted by Gasteiger charge is -2.12. The largest absolute Gasteiger partial charge is 0.433 e. The van der Waals surface area contributed by atoms with Crippen LogP contribution in [0.1, 0.15) is 5.69 Å². The summed E-state index contributed by atoms with van der Waals surface area (Å²) in [5.74, 6) is -0.131. The molecule has 1 aromatic rings. The molecule has 0 unspecified atom stereocenters. The maximum atomic E-state index is 12.4. The van der Waals surface area contributed by atoms with Gasteiger partial charge in [0.15, 0.2) is 0 Å². The van der Waals surface area contributed by atoms with Crippen molar-refractivity contribution in [3.05, 3.63) is 18.0 Å². The fraction of sp³-hybridized carbons (Fsp3) is 0.500.